The van der Waals surface area contributed by atoms with E-state index in [2.05, 4.69) is 36.9 Å². The van der Waals surface area contributed by atoms with Gasteiger partial charge < -0.3 is 23.4 Å². The van der Waals surface area contributed by atoms with E-state index >= 15 is 0 Å². The zero-order valence-electron chi connectivity index (χ0n) is 18.4. The van der Waals surface area contributed by atoms with Crippen molar-refractivity contribution in [3.8, 4) is 11.5 Å². The molecule has 2 aromatic carbocycles. The van der Waals surface area contributed by atoms with Crippen LogP contribution in [0.4, 0.5) is 0 Å². The summed E-state index contributed by atoms with van der Waals surface area (Å²) in [6.45, 7) is 2.26. The van der Waals surface area contributed by atoms with Crippen LogP contribution in [0.3, 0.4) is 0 Å². The molecule has 0 amide bonds. The van der Waals surface area contributed by atoms with Gasteiger partial charge in [-0.05, 0) is 77.1 Å². The van der Waals surface area contributed by atoms with Crippen LogP contribution in [0.5, 0.6) is 11.5 Å². The van der Waals surface area contributed by atoms with Crippen LogP contribution in [0, 0.1) is 0 Å². The van der Waals surface area contributed by atoms with Crippen LogP contribution >= 0.6 is 39.6 Å². The summed E-state index contributed by atoms with van der Waals surface area (Å²) in [5, 5.41) is 2.51. The molecule has 0 heterocycles. The van der Waals surface area contributed by atoms with Gasteiger partial charge in [0.1, 0.15) is 18.9 Å². The number of nitrogens with zero attached hydrogens (tertiary/aromatic N) is 1. The van der Waals surface area contributed by atoms with Gasteiger partial charge >= 0.3 is 19.7 Å². The first kappa shape index (κ1) is 27.3. The minimum atomic E-state index is -4.09. The Balaban J connectivity index is 2.24. The molecule has 9 nitrogen and oxygen atoms in total. The highest BCUT2D eigenvalue weighted by Crippen LogP contribution is 2.49. The number of hydrogen-bond donors (Lipinski definition) is 1. The minimum Gasteiger partial charge on any atom is -0.465 e. The number of carbonyl (C=O) groups is 2. The van der Waals surface area contributed by atoms with Crippen LogP contribution in [-0.2, 0) is 18.8 Å². The molecule has 0 aliphatic carbocycles. The third kappa shape index (κ3) is 9.10. The van der Waals surface area contributed by atoms with Crippen molar-refractivity contribution in [2.75, 3.05) is 40.4 Å². The van der Waals surface area contributed by atoms with Crippen LogP contribution in [0.2, 0.25) is 0 Å². The molecule has 0 aliphatic rings. The van der Waals surface area contributed by atoms with Gasteiger partial charge in [0.25, 0.3) is 0 Å². The molecule has 12 heteroatoms. The predicted octanol–water partition coefficient (Wildman–Crippen LogP) is 4.65. The Kier molecular flexibility index (Phi) is 10.9. The van der Waals surface area contributed by atoms with E-state index < -0.39 is 26.2 Å². The van der Waals surface area contributed by atoms with Gasteiger partial charge in [0.05, 0.1) is 21.1 Å². The number of nitrogens with one attached hydrogen (secondary N) is 1. The third-order valence-corrected chi connectivity index (χ3v) is 6.51. The highest BCUT2D eigenvalue weighted by Gasteiger charge is 2.32. The summed E-state index contributed by atoms with van der Waals surface area (Å²) in [7, 11) is -0.347. The van der Waals surface area contributed by atoms with Crippen LogP contribution in [-0.4, -0.2) is 57.2 Å². The summed E-state index contributed by atoms with van der Waals surface area (Å²) < 4.78 is 35.5. The second kappa shape index (κ2) is 13.1. The van der Waals surface area contributed by atoms with E-state index in [1.807, 2.05) is 19.0 Å². The lowest BCUT2D eigenvalue weighted by molar-refractivity contribution is -0.141. The van der Waals surface area contributed by atoms with Gasteiger partial charge in [-0.15, -0.1) is 0 Å². The van der Waals surface area contributed by atoms with E-state index in [-0.39, 0.29) is 30.3 Å². The van der Waals surface area contributed by atoms with Crippen molar-refractivity contribution in [3.63, 3.8) is 0 Å². The summed E-state index contributed by atoms with van der Waals surface area (Å²) in [6.07, 6.45) is 0. The number of likely N-dealkylation sites (N-methyl/N-ethyl adjacent to an activating group) is 1. The molecule has 0 aromatic heterocycles. The van der Waals surface area contributed by atoms with Crippen LogP contribution in [0.25, 0.3) is 0 Å². The number of hydrogen-bond acceptors (Lipinski definition) is 8. The molecule has 0 spiro atoms. The lowest BCUT2D eigenvalue weighted by atomic mass is 10.2. The summed E-state index contributed by atoms with van der Waals surface area (Å²) in [5.74, 6) is -0.762. The maximum Gasteiger partial charge on any atom is 0.513 e. The Bertz CT molecular complexity index is 982. The zero-order chi connectivity index (χ0) is 24.4. The first-order valence-electron chi connectivity index (χ1n) is 9.89. The average molecular weight is 608 g/mol. The Morgan fingerprint density at radius 1 is 1.03 bits per heavy atom. The van der Waals surface area contributed by atoms with E-state index in [0.717, 1.165) is 0 Å². The van der Waals surface area contributed by atoms with Crippen molar-refractivity contribution in [1.29, 1.82) is 0 Å². The molecule has 0 bridgehead atoms. The molecule has 0 radical (unpaired) electrons. The van der Waals surface area contributed by atoms with Gasteiger partial charge in [0, 0.05) is 6.54 Å². The van der Waals surface area contributed by atoms with Gasteiger partial charge in [0.15, 0.2) is 5.75 Å². The van der Waals surface area contributed by atoms with E-state index in [0.29, 0.717) is 15.5 Å². The Morgan fingerprint density at radius 3 is 2.24 bits per heavy atom. The summed E-state index contributed by atoms with van der Waals surface area (Å²) in [4.78, 5) is 26.0. The first-order valence-corrected chi connectivity index (χ1v) is 13.0. The van der Waals surface area contributed by atoms with Crippen LogP contribution < -0.4 is 14.1 Å². The molecule has 33 heavy (non-hydrogen) atoms. The van der Waals surface area contributed by atoms with Crippen molar-refractivity contribution in [2.24, 2.45) is 0 Å². The van der Waals surface area contributed by atoms with Crippen molar-refractivity contribution in [1.82, 2.24) is 9.99 Å². The predicted molar refractivity (Wildman–Crippen MR) is 131 cm³/mol. The molecule has 1 unspecified atom stereocenters. The highest BCUT2D eigenvalue weighted by molar-refractivity contribution is 9.11. The molecular formula is C21H25Br2N2O7P. The maximum absolute atomic E-state index is 13.5. The molecule has 180 valence electrons. The third-order valence-electron chi connectivity index (χ3n) is 3.91. The SMILES string of the molecule is CCOC(=O)CNP(=O)(Oc1ccccc1)Oc1c(Br)cc(C(=O)OCCN(C)C)cc1Br. The van der Waals surface area contributed by atoms with Gasteiger partial charge in [-0.25, -0.2) is 9.36 Å². The summed E-state index contributed by atoms with van der Waals surface area (Å²) in [5.41, 5.74) is 0.262. The smallest absolute Gasteiger partial charge is 0.465 e. The molecule has 0 saturated carbocycles. The number of ether oxygens (including phenoxy) is 2. The fraction of sp³-hybridized carbons (Fsp3) is 0.333. The van der Waals surface area contributed by atoms with Gasteiger partial charge in [0.2, 0.25) is 0 Å². The Hall–Kier alpha value is -1.91. The van der Waals surface area contributed by atoms with Crippen LogP contribution in [0.15, 0.2) is 51.4 Å². The topological polar surface area (TPSA) is 103 Å². The monoisotopic (exact) mass is 606 g/mol. The van der Waals surface area contributed by atoms with Crippen molar-refractivity contribution < 1.29 is 32.7 Å². The Labute approximate surface area is 209 Å². The number of para-hydroxylation sites is 1. The lowest BCUT2D eigenvalue weighted by Crippen LogP contribution is -2.26. The van der Waals surface area contributed by atoms with E-state index in [4.69, 9.17) is 18.5 Å². The van der Waals surface area contributed by atoms with Gasteiger partial charge in [-0.2, -0.15) is 5.09 Å². The molecule has 2 rings (SSSR count). The van der Waals surface area contributed by atoms with E-state index in [9.17, 15) is 14.2 Å². The second-order valence-electron chi connectivity index (χ2n) is 6.84. The quantitative estimate of drug-likeness (QED) is 0.273. The molecule has 0 fully saturated rings. The van der Waals surface area contributed by atoms with E-state index in [1.54, 1.807) is 37.3 Å². The molecule has 0 saturated heterocycles. The zero-order valence-corrected chi connectivity index (χ0v) is 22.4. The molecule has 1 N–H and O–H groups in total. The van der Waals surface area contributed by atoms with Gasteiger partial charge in [-0.3, -0.25) is 4.79 Å². The van der Waals surface area contributed by atoms with Crippen molar-refractivity contribution >= 4 is 51.5 Å². The average Bonchev–Trinajstić information content (AvgIpc) is 2.75. The highest BCUT2D eigenvalue weighted by atomic mass is 79.9. The second-order valence-corrected chi connectivity index (χ2v) is 10.2. The Morgan fingerprint density at radius 2 is 1.67 bits per heavy atom. The minimum absolute atomic E-state index is 0.107. The molecule has 0 aliphatic heterocycles. The normalized spacial score (nSPS) is 12.7. The van der Waals surface area contributed by atoms with E-state index in [1.165, 1.54) is 12.1 Å². The number of carbonyl (C=O) groups excluding carboxylic acids is 2. The largest absolute Gasteiger partial charge is 0.513 e. The fourth-order valence-corrected chi connectivity index (χ4v) is 5.29. The maximum atomic E-state index is 13.5. The number of benzene rings is 2. The molecule has 2 aromatic rings. The number of esters is 2. The fourth-order valence-electron chi connectivity index (χ4n) is 2.37. The standard InChI is InChI=1S/C21H25Br2N2O7P/c1-4-29-19(26)14-24-33(28,31-16-8-6-5-7-9-16)32-20-17(22)12-15(13-18(20)23)21(27)30-11-10-25(2)3/h5-9,12-13H,4,10-11,14H2,1-3H3,(H,24,28). The van der Waals surface area contributed by atoms with Crippen LogP contribution in [0.1, 0.15) is 17.3 Å². The number of halogens is 2. The lowest BCUT2D eigenvalue weighted by Gasteiger charge is -2.21. The number of rotatable bonds is 12. The van der Waals surface area contributed by atoms with Crippen molar-refractivity contribution in [3.05, 3.63) is 57.0 Å². The molecule has 1 atom stereocenters. The summed E-state index contributed by atoms with van der Waals surface area (Å²) >= 11 is 6.67. The van der Waals surface area contributed by atoms with Crippen molar-refractivity contribution in [2.45, 2.75) is 6.92 Å². The van der Waals surface area contributed by atoms with Gasteiger partial charge in [-0.1, -0.05) is 18.2 Å². The molecular weight excluding hydrogens is 583 g/mol. The first-order chi connectivity index (χ1) is 15.6. The summed E-state index contributed by atoms with van der Waals surface area (Å²) in [6, 6.07) is 11.3.